The Labute approximate surface area is 225 Å². The number of anilines is 2. The van der Waals surface area contributed by atoms with E-state index < -0.39 is 5.91 Å². The maximum Gasteiger partial charge on any atom is 0.266 e. The van der Waals surface area contributed by atoms with Crippen molar-refractivity contribution in [1.82, 2.24) is 0 Å². The number of aryl methyl sites for hydroxylation is 3. The van der Waals surface area contributed by atoms with Gasteiger partial charge in [0.1, 0.15) is 11.6 Å². The first-order chi connectivity index (χ1) is 17.6. The van der Waals surface area contributed by atoms with Gasteiger partial charge in [-0.3, -0.25) is 9.59 Å². The average Bonchev–Trinajstić information content (AvgIpc) is 2.86. The summed E-state index contributed by atoms with van der Waals surface area (Å²) in [6.07, 6.45) is 1.46. The molecular weight excluding hydrogens is 534 g/mol. The van der Waals surface area contributed by atoms with Crippen LogP contribution in [0.1, 0.15) is 27.8 Å². The number of carbonyl (C=O) groups is 2. The lowest BCUT2D eigenvalue weighted by atomic mass is 10.1. The number of ether oxygens (including phenoxy) is 2. The first-order valence-electron chi connectivity index (χ1n) is 11.5. The van der Waals surface area contributed by atoms with Crippen LogP contribution in [0, 0.1) is 39.0 Å². The topological polar surface area (TPSA) is 100 Å². The summed E-state index contributed by atoms with van der Waals surface area (Å²) in [5, 5.41) is 15.2. The number of nitrogens with one attached hydrogen (secondary N) is 2. The Balaban J connectivity index is 1.75. The fourth-order valence-corrected chi connectivity index (χ4v) is 4.08. The lowest BCUT2D eigenvalue weighted by Crippen LogP contribution is -2.20. The molecule has 0 aliphatic rings. The first-order valence-corrected chi connectivity index (χ1v) is 12.3. The van der Waals surface area contributed by atoms with E-state index in [1.54, 1.807) is 18.2 Å². The van der Waals surface area contributed by atoms with Crippen LogP contribution in [0.3, 0.4) is 0 Å². The number of carbonyl (C=O) groups excluding carboxylic acids is 2. The predicted octanol–water partition coefficient (Wildman–Crippen LogP) is 6.25. The van der Waals surface area contributed by atoms with E-state index in [9.17, 15) is 14.9 Å². The molecule has 190 valence electrons. The summed E-state index contributed by atoms with van der Waals surface area (Å²) < 4.78 is 11.7. The molecule has 3 rings (SSSR count). The molecule has 3 aromatic rings. The van der Waals surface area contributed by atoms with Gasteiger partial charge in [0.25, 0.3) is 11.8 Å². The van der Waals surface area contributed by atoms with Gasteiger partial charge in [-0.15, -0.1) is 0 Å². The van der Waals surface area contributed by atoms with E-state index in [1.165, 1.54) is 13.2 Å². The van der Waals surface area contributed by atoms with Crippen molar-refractivity contribution in [3.8, 4) is 17.6 Å². The molecule has 2 amide bonds. The van der Waals surface area contributed by atoms with Crippen LogP contribution in [0.5, 0.6) is 11.5 Å². The van der Waals surface area contributed by atoms with Crippen LogP contribution >= 0.6 is 15.9 Å². The minimum atomic E-state index is -0.519. The molecule has 0 unspecified atom stereocenters. The Morgan fingerprint density at radius 1 is 1.00 bits per heavy atom. The van der Waals surface area contributed by atoms with Crippen LogP contribution in [0.15, 0.2) is 58.6 Å². The fourth-order valence-electron chi connectivity index (χ4n) is 3.51. The number of rotatable bonds is 8. The average molecular weight is 562 g/mol. The number of benzene rings is 3. The SMILES string of the molecule is COc1cc(/C=C(/C#N)C(=O)Nc2cccc(C)c2C)cc(Br)c1OCC(=O)Nc1ccc(C)c(C)c1. The van der Waals surface area contributed by atoms with E-state index in [1.807, 2.05) is 64.1 Å². The van der Waals surface area contributed by atoms with Crippen LogP contribution in [-0.2, 0) is 9.59 Å². The lowest BCUT2D eigenvalue weighted by molar-refractivity contribution is -0.118. The molecule has 0 heterocycles. The van der Waals surface area contributed by atoms with Gasteiger partial charge in [-0.05, 0) is 108 Å². The van der Waals surface area contributed by atoms with Gasteiger partial charge in [0.2, 0.25) is 0 Å². The zero-order valence-electron chi connectivity index (χ0n) is 21.4. The molecule has 0 aliphatic carbocycles. The number of halogens is 1. The molecule has 2 N–H and O–H groups in total. The number of amides is 2. The highest BCUT2D eigenvalue weighted by Gasteiger charge is 2.16. The van der Waals surface area contributed by atoms with E-state index in [0.29, 0.717) is 32.9 Å². The Bertz CT molecular complexity index is 1420. The van der Waals surface area contributed by atoms with Crippen LogP contribution in [-0.4, -0.2) is 25.5 Å². The highest BCUT2D eigenvalue weighted by atomic mass is 79.9. The van der Waals surface area contributed by atoms with E-state index in [0.717, 1.165) is 22.3 Å². The molecule has 3 aromatic carbocycles. The summed E-state index contributed by atoms with van der Waals surface area (Å²) in [6.45, 7) is 7.60. The van der Waals surface area contributed by atoms with E-state index in [2.05, 4.69) is 26.6 Å². The molecular formula is C29H28BrN3O4. The van der Waals surface area contributed by atoms with Gasteiger partial charge in [-0.1, -0.05) is 18.2 Å². The Kier molecular flexibility index (Phi) is 9.10. The van der Waals surface area contributed by atoms with Crippen molar-refractivity contribution in [2.75, 3.05) is 24.4 Å². The second-order valence-electron chi connectivity index (χ2n) is 8.54. The maximum atomic E-state index is 12.8. The van der Waals surface area contributed by atoms with Crippen LogP contribution < -0.4 is 20.1 Å². The van der Waals surface area contributed by atoms with Gasteiger partial charge in [-0.2, -0.15) is 5.26 Å². The number of hydrogen-bond acceptors (Lipinski definition) is 5. The number of hydrogen-bond donors (Lipinski definition) is 2. The van der Waals surface area contributed by atoms with Crippen molar-refractivity contribution < 1.29 is 19.1 Å². The molecule has 0 fully saturated rings. The molecule has 0 aromatic heterocycles. The van der Waals surface area contributed by atoms with Crippen molar-refractivity contribution in [2.45, 2.75) is 27.7 Å². The third kappa shape index (κ3) is 6.99. The zero-order valence-corrected chi connectivity index (χ0v) is 22.9. The monoisotopic (exact) mass is 561 g/mol. The van der Waals surface area contributed by atoms with Crippen LogP contribution in [0.4, 0.5) is 11.4 Å². The van der Waals surface area contributed by atoms with Crippen molar-refractivity contribution in [1.29, 1.82) is 5.26 Å². The molecule has 0 spiro atoms. The molecule has 0 saturated carbocycles. The molecule has 37 heavy (non-hydrogen) atoms. The molecule has 0 radical (unpaired) electrons. The smallest absolute Gasteiger partial charge is 0.266 e. The first kappa shape index (κ1) is 27.5. The summed E-state index contributed by atoms with van der Waals surface area (Å²) in [7, 11) is 1.47. The highest BCUT2D eigenvalue weighted by molar-refractivity contribution is 9.10. The van der Waals surface area contributed by atoms with Gasteiger partial charge in [0, 0.05) is 11.4 Å². The molecule has 0 atom stereocenters. The third-order valence-corrected chi connectivity index (χ3v) is 6.51. The van der Waals surface area contributed by atoms with Gasteiger partial charge in [0.15, 0.2) is 18.1 Å². The Morgan fingerprint density at radius 3 is 2.43 bits per heavy atom. The van der Waals surface area contributed by atoms with Gasteiger partial charge in [-0.25, -0.2) is 0 Å². The highest BCUT2D eigenvalue weighted by Crippen LogP contribution is 2.37. The molecule has 0 aliphatic heterocycles. The normalized spacial score (nSPS) is 10.9. The van der Waals surface area contributed by atoms with E-state index in [4.69, 9.17) is 9.47 Å². The second kappa shape index (κ2) is 12.2. The van der Waals surface area contributed by atoms with Crippen molar-refractivity contribution in [3.05, 3.63) is 86.4 Å². The molecule has 0 bridgehead atoms. The van der Waals surface area contributed by atoms with Crippen molar-refractivity contribution in [2.24, 2.45) is 0 Å². The van der Waals surface area contributed by atoms with Gasteiger partial charge >= 0.3 is 0 Å². The minimum Gasteiger partial charge on any atom is -0.493 e. The molecule has 8 heteroatoms. The van der Waals surface area contributed by atoms with E-state index >= 15 is 0 Å². The fraction of sp³-hybridized carbons (Fsp3) is 0.207. The molecule has 7 nitrogen and oxygen atoms in total. The Morgan fingerprint density at radius 2 is 1.76 bits per heavy atom. The third-order valence-electron chi connectivity index (χ3n) is 5.92. The van der Waals surface area contributed by atoms with Crippen molar-refractivity contribution in [3.63, 3.8) is 0 Å². The number of nitriles is 1. The maximum absolute atomic E-state index is 12.8. The zero-order chi connectivity index (χ0) is 27.1. The van der Waals surface area contributed by atoms with Crippen LogP contribution in [0.2, 0.25) is 0 Å². The summed E-state index contributed by atoms with van der Waals surface area (Å²) in [5.41, 5.74) is 5.98. The van der Waals surface area contributed by atoms with Crippen molar-refractivity contribution >= 4 is 45.2 Å². The standard InChI is InChI=1S/C29H28BrN3O4/c1-17-9-10-23(11-19(17)3)32-27(34)16-37-28-24(30)13-21(14-26(28)36-5)12-22(15-31)29(35)33-25-8-6-7-18(2)20(25)4/h6-14H,16H2,1-5H3,(H,32,34)(H,33,35)/b22-12-. The molecule has 0 saturated heterocycles. The summed E-state index contributed by atoms with van der Waals surface area (Å²) in [4.78, 5) is 25.2. The van der Waals surface area contributed by atoms with Crippen LogP contribution in [0.25, 0.3) is 6.08 Å². The summed E-state index contributed by atoms with van der Waals surface area (Å²) in [6, 6.07) is 16.5. The lowest BCUT2D eigenvalue weighted by Gasteiger charge is -2.14. The quantitative estimate of drug-likeness (QED) is 0.250. The number of nitrogens with zero attached hydrogens (tertiary/aromatic N) is 1. The predicted molar refractivity (Wildman–Crippen MR) is 149 cm³/mol. The van der Waals surface area contributed by atoms with Gasteiger partial charge in [0.05, 0.1) is 11.6 Å². The largest absolute Gasteiger partial charge is 0.493 e. The van der Waals surface area contributed by atoms with Gasteiger partial charge < -0.3 is 20.1 Å². The van der Waals surface area contributed by atoms with E-state index in [-0.39, 0.29) is 18.1 Å². The Hall–Kier alpha value is -4.09. The second-order valence-corrected chi connectivity index (χ2v) is 9.40. The minimum absolute atomic E-state index is 0.0729. The summed E-state index contributed by atoms with van der Waals surface area (Å²) in [5.74, 6) is -0.175. The summed E-state index contributed by atoms with van der Waals surface area (Å²) >= 11 is 3.44. The number of methoxy groups -OCH3 is 1.